The van der Waals surface area contributed by atoms with Crippen LogP contribution in [0, 0.1) is 6.92 Å². The number of primary amides is 1. The van der Waals surface area contributed by atoms with Gasteiger partial charge in [-0.15, -0.1) is 0 Å². The van der Waals surface area contributed by atoms with E-state index in [2.05, 4.69) is 5.32 Å². The molecular formula is C13H17N3O. The standard InChI is InChI=1S/C13H17N3O/c1-7-11(8-5-6-8)15-10-4-2-3-9(10)12(7)16-13(14)17/h8H,2-6H2,1H3,(H3,14,15,16,17). The highest BCUT2D eigenvalue weighted by atomic mass is 16.2. The Hall–Kier alpha value is -1.58. The molecule has 3 N–H and O–H groups in total. The molecule has 4 nitrogen and oxygen atoms in total. The predicted molar refractivity (Wildman–Crippen MR) is 66.2 cm³/mol. The summed E-state index contributed by atoms with van der Waals surface area (Å²) < 4.78 is 0. The van der Waals surface area contributed by atoms with Gasteiger partial charge in [-0.25, -0.2) is 4.79 Å². The third kappa shape index (κ3) is 1.77. The number of fused-ring (bicyclic) bond motifs is 1. The van der Waals surface area contributed by atoms with Crippen molar-refractivity contribution in [2.24, 2.45) is 5.73 Å². The molecule has 2 aliphatic carbocycles. The van der Waals surface area contributed by atoms with Gasteiger partial charge >= 0.3 is 6.03 Å². The van der Waals surface area contributed by atoms with Crippen LogP contribution < -0.4 is 11.1 Å². The summed E-state index contributed by atoms with van der Waals surface area (Å²) in [7, 11) is 0. The normalized spacial score (nSPS) is 17.9. The Morgan fingerprint density at radius 2 is 2.18 bits per heavy atom. The van der Waals surface area contributed by atoms with E-state index in [0.29, 0.717) is 5.92 Å². The molecule has 0 radical (unpaired) electrons. The smallest absolute Gasteiger partial charge is 0.316 e. The predicted octanol–water partition coefficient (Wildman–Crippen LogP) is 2.25. The average Bonchev–Trinajstić information content (AvgIpc) is 3.00. The largest absolute Gasteiger partial charge is 0.351 e. The van der Waals surface area contributed by atoms with E-state index in [9.17, 15) is 4.79 Å². The Morgan fingerprint density at radius 1 is 1.41 bits per heavy atom. The highest BCUT2D eigenvalue weighted by Crippen LogP contribution is 2.44. The summed E-state index contributed by atoms with van der Waals surface area (Å²) in [5.41, 5.74) is 10.9. The van der Waals surface area contributed by atoms with E-state index in [-0.39, 0.29) is 0 Å². The van der Waals surface area contributed by atoms with Crippen molar-refractivity contribution < 1.29 is 4.79 Å². The number of pyridine rings is 1. The number of hydrogen-bond donors (Lipinski definition) is 2. The quantitative estimate of drug-likeness (QED) is 0.819. The molecule has 0 atom stereocenters. The Kier molecular flexibility index (Phi) is 2.31. The van der Waals surface area contributed by atoms with Gasteiger partial charge in [-0.3, -0.25) is 4.98 Å². The van der Waals surface area contributed by atoms with Crippen LogP contribution in [-0.4, -0.2) is 11.0 Å². The fourth-order valence-electron chi connectivity index (χ4n) is 2.75. The van der Waals surface area contributed by atoms with Crippen LogP contribution in [0.4, 0.5) is 10.5 Å². The summed E-state index contributed by atoms with van der Waals surface area (Å²) >= 11 is 0. The highest BCUT2D eigenvalue weighted by molar-refractivity contribution is 5.90. The van der Waals surface area contributed by atoms with Gasteiger partial charge in [-0.1, -0.05) is 0 Å². The number of urea groups is 1. The molecule has 0 aliphatic heterocycles. The second-order valence-corrected chi connectivity index (χ2v) is 5.04. The van der Waals surface area contributed by atoms with Crippen molar-refractivity contribution in [2.75, 3.05) is 5.32 Å². The fourth-order valence-corrected chi connectivity index (χ4v) is 2.75. The summed E-state index contributed by atoms with van der Waals surface area (Å²) in [4.78, 5) is 15.9. The van der Waals surface area contributed by atoms with E-state index in [4.69, 9.17) is 10.7 Å². The van der Waals surface area contributed by atoms with Gasteiger partial charge in [0.25, 0.3) is 0 Å². The molecule has 1 aromatic rings. The molecule has 0 saturated heterocycles. The van der Waals surface area contributed by atoms with E-state index < -0.39 is 6.03 Å². The van der Waals surface area contributed by atoms with Crippen LogP contribution in [0.2, 0.25) is 0 Å². The van der Waals surface area contributed by atoms with Crippen molar-refractivity contribution in [1.82, 2.24) is 4.98 Å². The number of carbonyl (C=O) groups excluding carboxylic acids is 1. The molecule has 1 heterocycles. The number of nitrogens with one attached hydrogen (secondary N) is 1. The summed E-state index contributed by atoms with van der Waals surface area (Å²) in [5.74, 6) is 0.606. The topological polar surface area (TPSA) is 68.0 Å². The minimum absolute atomic E-state index is 0.477. The van der Waals surface area contributed by atoms with E-state index >= 15 is 0 Å². The Bertz CT molecular complexity index is 492. The Labute approximate surface area is 101 Å². The van der Waals surface area contributed by atoms with Crippen LogP contribution in [0.25, 0.3) is 0 Å². The Morgan fingerprint density at radius 3 is 2.82 bits per heavy atom. The zero-order valence-corrected chi connectivity index (χ0v) is 10.0. The lowest BCUT2D eigenvalue weighted by Crippen LogP contribution is -2.21. The number of carbonyl (C=O) groups is 1. The zero-order chi connectivity index (χ0) is 12.0. The molecule has 90 valence electrons. The average molecular weight is 231 g/mol. The van der Waals surface area contributed by atoms with E-state index in [1.54, 1.807) is 0 Å². The maximum atomic E-state index is 11.1. The number of hydrogen-bond acceptors (Lipinski definition) is 2. The van der Waals surface area contributed by atoms with Crippen LogP contribution in [0.1, 0.15) is 47.7 Å². The molecule has 0 unspecified atom stereocenters. The first-order chi connectivity index (χ1) is 8.16. The third-order valence-corrected chi connectivity index (χ3v) is 3.72. The van der Waals surface area contributed by atoms with Gasteiger partial charge < -0.3 is 11.1 Å². The fraction of sp³-hybridized carbons (Fsp3) is 0.538. The lowest BCUT2D eigenvalue weighted by Gasteiger charge is -2.15. The van der Waals surface area contributed by atoms with Gasteiger partial charge in [0.05, 0.1) is 5.69 Å². The first-order valence-corrected chi connectivity index (χ1v) is 6.25. The van der Waals surface area contributed by atoms with Crippen molar-refractivity contribution in [3.05, 3.63) is 22.5 Å². The molecule has 0 bridgehead atoms. The van der Waals surface area contributed by atoms with Gasteiger partial charge in [-0.05, 0) is 50.2 Å². The number of nitrogens with zero attached hydrogens (tertiary/aromatic N) is 1. The van der Waals surface area contributed by atoms with Crippen LogP contribution in [0.15, 0.2) is 0 Å². The van der Waals surface area contributed by atoms with E-state index in [0.717, 1.165) is 30.5 Å². The molecule has 3 rings (SSSR count). The van der Waals surface area contributed by atoms with Crippen molar-refractivity contribution in [2.45, 2.75) is 44.9 Å². The van der Waals surface area contributed by atoms with Gasteiger partial charge in [-0.2, -0.15) is 0 Å². The second kappa shape index (κ2) is 3.72. The number of aromatic nitrogens is 1. The number of aryl methyl sites for hydroxylation is 1. The van der Waals surface area contributed by atoms with E-state index in [1.807, 2.05) is 6.92 Å². The molecular weight excluding hydrogens is 214 g/mol. The molecule has 0 aromatic carbocycles. The van der Waals surface area contributed by atoms with Crippen molar-refractivity contribution in [3.8, 4) is 0 Å². The monoisotopic (exact) mass is 231 g/mol. The zero-order valence-electron chi connectivity index (χ0n) is 10.0. The van der Waals surface area contributed by atoms with Gasteiger partial charge in [0.2, 0.25) is 0 Å². The van der Waals surface area contributed by atoms with Crippen molar-refractivity contribution in [1.29, 1.82) is 0 Å². The SMILES string of the molecule is Cc1c(C2CC2)nc2c(c1NC(N)=O)CCC2. The van der Waals surface area contributed by atoms with Gasteiger partial charge in [0.1, 0.15) is 0 Å². The minimum Gasteiger partial charge on any atom is -0.351 e. The summed E-state index contributed by atoms with van der Waals surface area (Å²) in [6.07, 6.45) is 5.61. The molecule has 0 spiro atoms. The summed E-state index contributed by atoms with van der Waals surface area (Å²) in [6, 6.07) is -0.477. The molecule has 17 heavy (non-hydrogen) atoms. The molecule has 1 fully saturated rings. The molecule has 1 saturated carbocycles. The highest BCUT2D eigenvalue weighted by Gasteiger charge is 2.30. The lowest BCUT2D eigenvalue weighted by atomic mass is 10.0. The Balaban J connectivity index is 2.12. The first-order valence-electron chi connectivity index (χ1n) is 6.25. The van der Waals surface area contributed by atoms with Gasteiger partial charge in [0.15, 0.2) is 0 Å². The number of amides is 2. The lowest BCUT2D eigenvalue weighted by molar-refractivity contribution is 0.259. The third-order valence-electron chi connectivity index (χ3n) is 3.72. The molecule has 2 aliphatic rings. The first kappa shape index (κ1) is 10.6. The number of anilines is 1. The molecule has 4 heteroatoms. The maximum absolute atomic E-state index is 11.1. The number of nitrogens with two attached hydrogens (primary N) is 1. The van der Waals surface area contributed by atoms with Crippen molar-refractivity contribution in [3.63, 3.8) is 0 Å². The second-order valence-electron chi connectivity index (χ2n) is 5.04. The van der Waals surface area contributed by atoms with Crippen molar-refractivity contribution >= 4 is 11.7 Å². The molecule has 2 amide bonds. The van der Waals surface area contributed by atoms with Crippen LogP contribution >= 0.6 is 0 Å². The number of rotatable bonds is 2. The van der Waals surface area contributed by atoms with Crippen LogP contribution in [0.3, 0.4) is 0 Å². The molecule has 1 aromatic heterocycles. The minimum atomic E-state index is -0.477. The van der Waals surface area contributed by atoms with Crippen LogP contribution in [-0.2, 0) is 12.8 Å². The maximum Gasteiger partial charge on any atom is 0.316 e. The summed E-state index contributed by atoms with van der Waals surface area (Å²) in [5, 5.41) is 2.80. The van der Waals surface area contributed by atoms with E-state index in [1.165, 1.54) is 29.8 Å². The van der Waals surface area contributed by atoms with Crippen LogP contribution in [0.5, 0.6) is 0 Å². The summed E-state index contributed by atoms with van der Waals surface area (Å²) in [6.45, 7) is 2.05. The van der Waals surface area contributed by atoms with Gasteiger partial charge in [0, 0.05) is 17.3 Å².